The number of benzene rings is 1. The predicted molar refractivity (Wildman–Crippen MR) is 67.6 cm³/mol. The third kappa shape index (κ3) is 2.86. The van der Waals surface area contributed by atoms with Crippen molar-refractivity contribution in [3.63, 3.8) is 0 Å². The summed E-state index contributed by atoms with van der Waals surface area (Å²) in [5, 5.41) is 2.56. The van der Waals surface area contributed by atoms with Crippen molar-refractivity contribution in [3.8, 4) is 0 Å². The summed E-state index contributed by atoms with van der Waals surface area (Å²) in [5.74, 6) is 0. The molecule has 0 amide bonds. The summed E-state index contributed by atoms with van der Waals surface area (Å²) in [4.78, 5) is 0. The summed E-state index contributed by atoms with van der Waals surface area (Å²) >= 11 is 6.47. The van der Waals surface area contributed by atoms with Crippen molar-refractivity contribution in [2.75, 3.05) is 0 Å². The number of hydrogen-bond donors (Lipinski definition) is 0. The molecule has 0 saturated carbocycles. The number of allylic oxidation sites excluding steroid dienone is 4. The lowest BCUT2D eigenvalue weighted by Crippen LogP contribution is -2.25. The van der Waals surface area contributed by atoms with Gasteiger partial charge in [-0.05, 0) is 24.2 Å². The fraction of sp³-hybridized carbons (Fsp3) is 0.167. The summed E-state index contributed by atoms with van der Waals surface area (Å²) < 4.78 is 0. The van der Waals surface area contributed by atoms with Crippen molar-refractivity contribution in [1.29, 1.82) is 0 Å². The molecule has 0 aliphatic carbocycles. The molecule has 0 radical (unpaired) electrons. The van der Waals surface area contributed by atoms with Gasteiger partial charge in [0.15, 0.2) is 0 Å². The van der Waals surface area contributed by atoms with E-state index in [2.05, 4.69) is 24.3 Å². The molecule has 0 aliphatic heterocycles. The minimum atomic E-state index is -1.45. The molecule has 0 N–H and O–H groups in total. The summed E-state index contributed by atoms with van der Waals surface area (Å²) in [5.41, 5.74) is 0. The van der Waals surface area contributed by atoms with E-state index in [1.54, 1.807) is 0 Å². The zero-order chi connectivity index (χ0) is 10.4. The van der Waals surface area contributed by atoms with E-state index >= 15 is 0 Å². The Hall–Kier alpha value is -0.793. The van der Waals surface area contributed by atoms with Crippen LogP contribution in [0.3, 0.4) is 0 Å². The Bertz CT molecular complexity index is 327. The van der Waals surface area contributed by atoms with E-state index in [1.165, 1.54) is 10.4 Å². The summed E-state index contributed by atoms with van der Waals surface area (Å²) in [6.07, 6.45) is 6.26. The largest absolute Gasteiger partial charge is 0.201 e. The first-order chi connectivity index (χ1) is 6.79. The van der Waals surface area contributed by atoms with Crippen LogP contribution < -0.4 is 5.19 Å². The highest BCUT2D eigenvalue weighted by molar-refractivity contribution is 7.18. The van der Waals surface area contributed by atoms with Crippen LogP contribution in [0.1, 0.15) is 13.8 Å². The summed E-state index contributed by atoms with van der Waals surface area (Å²) in [7, 11) is -1.45. The average molecular weight is 223 g/mol. The molecule has 2 heteroatoms. The summed E-state index contributed by atoms with van der Waals surface area (Å²) in [6.45, 7) is 4.06. The Kier molecular flexibility index (Phi) is 4.70. The zero-order valence-corrected chi connectivity index (χ0v) is 10.5. The highest BCUT2D eigenvalue weighted by Gasteiger charge is 2.12. The van der Waals surface area contributed by atoms with Gasteiger partial charge in [-0.25, -0.2) is 0 Å². The predicted octanol–water partition coefficient (Wildman–Crippen LogP) is 2.92. The third-order valence-corrected chi connectivity index (χ3v) is 5.67. The second-order valence-corrected chi connectivity index (χ2v) is 6.43. The Labute approximate surface area is 92.2 Å². The average Bonchev–Trinajstić information content (AvgIpc) is 2.26. The van der Waals surface area contributed by atoms with Crippen LogP contribution in [0.5, 0.6) is 0 Å². The SMILES string of the molecule is CC=CC(=CC)[SiH](Cl)c1ccccc1. The van der Waals surface area contributed by atoms with E-state index in [9.17, 15) is 0 Å². The second-order valence-electron chi connectivity index (χ2n) is 3.06. The zero-order valence-electron chi connectivity index (χ0n) is 8.57. The molecule has 1 atom stereocenters. The quantitative estimate of drug-likeness (QED) is 0.419. The topological polar surface area (TPSA) is 0 Å². The molecule has 0 fully saturated rings. The molecule has 0 spiro atoms. The van der Waals surface area contributed by atoms with E-state index < -0.39 is 8.11 Å². The third-order valence-electron chi connectivity index (χ3n) is 2.08. The van der Waals surface area contributed by atoms with Crippen LogP contribution in [0.15, 0.2) is 53.8 Å². The fourth-order valence-electron chi connectivity index (χ4n) is 1.33. The van der Waals surface area contributed by atoms with E-state index in [1.807, 2.05) is 38.1 Å². The lowest BCUT2D eigenvalue weighted by atomic mass is 10.4. The molecule has 1 unspecified atom stereocenters. The molecular weight excluding hydrogens is 208 g/mol. The molecular formula is C12H15ClSi. The highest BCUT2D eigenvalue weighted by atomic mass is 35.6. The lowest BCUT2D eigenvalue weighted by molar-refractivity contribution is 1.64. The lowest BCUT2D eigenvalue weighted by Gasteiger charge is -2.08. The van der Waals surface area contributed by atoms with Crippen molar-refractivity contribution >= 4 is 24.4 Å². The number of halogens is 1. The second kappa shape index (κ2) is 5.84. The Balaban J connectivity index is 2.89. The molecule has 0 nitrogen and oxygen atoms in total. The molecule has 0 bridgehead atoms. The van der Waals surface area contributed by atoms with Gasteiger partial charge in [0.2, 0.25) is 8.11 Å². The van der Waals surface area contributed by atoms with Gasteiger partial charge in [-0.3, -0.25) is 0 Å². The monoisotopic (exact) mass is 222 g/mol. The van der Waals surface area contributed by atoms with Crippen LogP contribution in [0.4, 0.5) is 0 Å². The first kappa shape index (κ1) is 11.3. The molecule has 0 saturated heterocycles. The van der Waals surface area contributed by atoms with E-state index in [-0.39, 0.29) is 0 Å². The molecule has 0 aromatic heterocycles. The molecule has 74 valence electrons. The van der Waals surface area contributed by atoms with E-state index in [0.717, 1.165) is 0 Å². The van der Waals surface area contributed by atoms with Gasteiger partial charge in [-0.2, -0.15) is 11.1 Å². The van der Waals surface area contributed by atoms with Crippen molar-refractivity contribution in [3.05, 3.63) is 53.8 Å². The number of rotatable bonds is 3. The highest BCUT2D eigenvalue weighted by Crippen LogP contribution is 2.07. The van der Waals surface area contributed by atoms with Crippen molar-refractivity contribution in [1.82, 2.24) is 0 Å². The van der Waals surface area contributed by atoms with Crippen molar-refractivity contribution in [2.24, 2.45) is 0 Å². The maximum Gasteiger partial charge on any atom is 0.201 e. The van der Waals surface area contributed by atoms with Crippen molar-refractivity contribution < 1.29 is 0 Å². The van der Waals surface area contributed by atoms with Gasteiger partial charge < -0.3 is 0 Å². The molecule has 14 heavy (non-hydrogen) atoms. The smallest absolute Gasteiger partial charge is 0.159 e. The Morgan fingerprint density at radius 2 is 1.86 bits per heavy atom. The standard InChI is InChI=1S/C12H15ClSi/c1-3-8-11(4-2)14(13)12-9-6-5-7-10-12/h3-10,14H,1-2H3. The molecule has 1 rings (SSSR count). The molecule has 0 heterocycles. The van der Waals surface area contributed by atoms with Crippen LogP contribution in [0.2, 0.25) is 0 Å². The van der Waals surface area contributed by atoms with Crippen LogP contribution in [0.25, 0.3) is 0 Å². The van der Waals surface area contributed by atoms with Crippen molar-refractivity contribution in [2.45, 2.75) is 13.8 Å². The Morgan fingerprint density at radius 1 is 1.21 bits per heavy atom. The first-order valence-electron chi connectivity index (χ1n) is 4.77. The normalized spacial score (nSPS) is 14.6. The Morgan fingerprint density at radius 3 is 2.36 bits per heavy atom. The molecule has 0 aliphatic rings. The number of hydrogen-bond acceptors (Lipinski definition) is 0. The summed E-state index contributed by atoms with van der Waals surface area (Å²) in [6, 6.07) is 10.3. The van der Waals surface area contributed by atoms with Gasteiger partial charge in [0.25, 0.3) is 0 Å². The van der Waals surface area contributed by atoms with E-state index in [4.69, 9.17) is 11.1 Å². The van der Waals surface area contributed by atoms with Gasteiger partial charge in [0.05, 0.1) is 0 Å². The van der Waals surface area contributed by atoms with Crippen LogP contribution >= 0.6 is 11.1 Å². The van der Waals surface area contributed by atoms with Crippen LogP contribution in [-0.4, -0.2) is 8.11 Å². The molecule has 1 aromatic carbocycles. The maximum atomic E-state index is 6.47. The van der Waals surface area contributed by atoms with Gasteiger partial charge in [0.1, 0.15) is 0 Å². The van der Waals surface area contributed by atoms with Gasteiger partial charge in [-0.1, -0.05) is 48.6 Å². The minimum Gasteiger partial charge on any atom is -0.159 e. The van der Waals surface area contributed by atoms with Gasteiger partial charge in [-0.15, -0.1) is 0 Å². The fourth-order valence-corrected chi connectivity index (χ4v) is 3.97. The van der Waals surface area contributed by atoms with Crippen LogP contribution in [0, 0.1) is 0 Å². The maximum absolute atomic E-state index is 6.47. The van der Waals surface area contributed by atoms with E-state index in [0.29, 0.717) is 0 Å². The van der Waals surface area contributed by atoms with Gasteiger partial charge in [0, 0.05) is 0 Å². The van der Waals surface area contributed by atoms with Gasteiger partial charge >= 0.3 is 0 Å². The minimum absolute atomic E-state index is 1.28. The van der Waals surface area contributed by atoms with Crippen LogP contribution in [-0.2, 0) is 0 Å². The molecule has 1 aromatic rings. The first-order valence-corrected chi connectivity index (χ1v) is 7.67.